The standard InChI is InChI=1S/C18H23NO2S/c1-15(18-9-4-3-5-10-18)12-19-13-16-7-6-8-17(11-16)14-22(2,20)21/h3-11,15,19H,12-14H2,1-2H3/t15-/m1/s1. The van der Waals surface area contributed by atoms with Crippen molar-refractivity contribution in [3.63, 3.8) is 0 Å². The lowest BCUT2D eigenvalue weighted by Gasteiger charge is -2.13. The van der Waals surface area contributed by atoms with Gasteiger partial charge in [-0.15, -0.1) is 0 Å². The van der Waals surface area contributed by atoms with Crippen LogP contribution in [0.5, 0.6) is 0 Å². The van der Waals surface area contributed by atoms with Gasteiger partial charge >= 0.3 is 0 Å². The molecule has 0 heterocycles. The lowest BCUT2D eigenvalue weighted by Crippen LogP contribution is -2.19. The zero-order valence-corrected chi connectivity index (χ0v) is 13.9. The molecule has 2 aromatic rings. The highest BCUT2D eigenvalue weighted by molar-refractivity contribution is 7.89. The van der Waals surface area contributed by atoms with Crippen molar-refractivity contribution < 1.29 is 8.42 Å². The summed E-state index contributed by atoms with van der Waals surface area (Å²) in [5.41, 5.74) is 3.28. The van der Waals surface area contributed by atoms with Gasteiger partial charge in [-0.1, -0.05) is 61.5 Å². The van der Waals surface area contributed by atoms with Gasteiger partial charge in [-0.3, -0.25) is 0 Å². The molecule has 0 bridgehead atoms. The van der Waals surface area contributed by atoms with Crippen molar-refractivity contribution in [3.05, 3.63) is 71.3 Å². The van der Waals surface area contributed by atoms with Crippen molar-refractivity contribution in [2.45, 2.75) is 25.1 Å². The predicted octanol–water partition coefficient (Wildman–Crippen LogP) is 3.12. The van der Waals surface area contributed by atoms with E-state index in [4.69, 9.17) is 0 Å². The maximum atomic E-state index is 11.4. The molecule has 0 aliphatic carbocycles. The quantitative estimate of drug-likeness (QED) is 0.853. The van der Waals surface area contributed by atoms with Crippen LogP contribution in [0.1, 0.15) is 29.5 Å². The van der Waals surface area contributed by atoms with E-state index in [1.54, 1.807) is 0 Å². The Morgan fingerprint density at radius 3 is 2.36 bits per heavy atom. The summed E-state index contributed by atoms with van der Waals surface area (Å²) in [5.74, 6) is 0.543. The summed E-state index contributed by atoms with van der Waals surface area (Å²) in [6.07, 6.45) is 1.26. The fraction of sp³-hybridized carbons (Fsp3) is 0.333. The van der Waals surface area contributed by atoms with E-state index in [2.05, 4.69) is 36.5 Å². The van der Waals surface area contributed by atoms with E-state index in [1.807, 2.05) is 30.3 Å². The topological polar surface area (TPSA) is 46.2 Å². The maximum Gasteiger partial charge on any atom is 0.151 e. The number of hydrogen-bond donors (Lipinski definition) is 1. The molecular formula is C18H23NO2S. The molecule has 0 amide bonds. The Hall–Kier alpha value is -1.65. The van der Waals surface area contributed by atoms with Crippen LogP contribution in [0.4, 0.5) is 0 Å². The zero-order chi connectivity index (χ0) is 16.0. The Kier molecular flexibility index (Phi) is 5.75. The Morgan fingerprint density at radius 1 is 1.00 bits per heavy atom. The van der Waals surface area contributed by atoms with Gasteiger partial charge in [0.15, 0.2) is 9.84 Å². The van der Waals surface area contributed by atoms with Gasteiger partial charge in [-0.25, -0.2) is 8.42 Å². The summed E-state index contributed by atoms with van der Waals surface area (Å²) < 4.78 is 22.7. The van der Waals surface area contributed by atoms with Crippen LogP contribution in [0, 0.1) is 0 Å². The SMILES string of the molecule is C[C@H](CNCc1cccc(CS(C)(=O)=O)c1)c1ccccc1. The van der Waals surface area contributed by atoms with Gasteiger partial charge in [0.2, 0.25) is 0 Å². The number of rotatable bonds is 7. The molecule has 0 saturated heterocycles. The number of benzene rings is 2. The zero-order valence-electron chi connectivity index (χ0n) is 13.1. The minimum absolute atomic E-state index is 0.0985. The van der Waals surface area contributed by atoms with E-state index < -0.39 is 9.84 Å². The van der Waals surface area contributed by atoms with Crippen LogP contribution < -0.4 is 5.32 Å². The van der Waals surface area contributed by atoms with E-state index in [0.717, 1.165) is 24.2 Å². The van der Waals surface area contributed by atoms with Gasteiger partial charge < -0.3 is 5.32 Å². The Bertz CT molecular complexity index is 696. The van der Waals surface area contributed by atoms with Gasteiger partial charge in [0, 0.05) is 19.3 Å². The first kappa shape index (κ1) is 16.7. The first-order valence-corrected chi connectivity index (χ1v) is 9.51. The van der Waals surface area contributed by atoms with E-state index in [9.17, 15) is 8.42 Å². The van der Waals surface area contributed by atoms with E-state index in [0.29, 0.717) is 5.92 Å². The van der Waals surface area contributed by atoms with Gasteiger partial charge in [0.05, 0.1) is 5.75 Å². The average Bonchev–Trinajstić information content (AvgIpc) is 2.47. The largest absolute Gasteiger partial charge is 0.312 e. The molecular weight excluding hydrogens is 294 g/mol. The molecule has 4 heteroatoms. The second-order valence-electron chi connectivity index (χ2n) is 5.83. The molecule has 0 radical (unpaired) electrons. The smallest absolute Gasteiger partial charge is 0.151 e. The molecule has 1 N–H and O–H groups in total. The van der Waals surface area contributed by atoms with E-state index >= 15 is 0 Å². The molecule has 0 unspecified atom stereocenters. The summed E-state index contributed by atoms with van der Waals surface area (Å²) in [6.45, 7) is 3.83. The molecule has 118 valence electrons. The first-order chi connectivity index (χ1) is 10.4. The second-order valence-corrected chi connectivity index (χ2v) is 7.97. The highest BCUT2D eigenvalue weighted by Crippen LogP contribution is 2.14. The molecule has 2 rings (SSSR count). The average molecular weight is 317 g/mol. The summed E-state index contributed by atoms with van der Waals surface area (Å²) in [6, 6.07) is 18.2. The van der Waals surface area contributed by atoms with Crippen LogP contribution in [0.25, 0.3) is 0 Å². The Morgan fingerprint density at radius 2 is 1.68 bits per heavy atom. The van der Waals surface area contributed by atoms with Crippen molar-refractivity contribution in [1.82, 2.24) is 5.32 Å². The van der Waals surface area contributed by atoms with Crippen LogP contribution in [0.2, 0.25) is 0 Å². The monoisotopic (exact) mass is 317 g/mol. The third-order valence-corrected chi connectivity index (χ3v) is 4.43. The van der Waals surface area contributed by atoms with Crippen LogP contribution in [-0.4, -0.2) is 21.2 Å². The molecule has 22 heavy (non-hydrogen) atoms. The van der Waals surface area contributed by atoms with Crippen LogP contribution >= 0.6 is 0 Å². The fourth-order valence-electron chi connectivity index (χ4n) is 2.46. The molecule has 0 aromatic heterocycles. The molecule has 0 spiro atoms. The third-order valence-electron chi connectivity index (χ3n) is 3.57. The number of nitrogens with one attached hydrogen (secondary N) is 1. The van der Waals surface area contributed by atoms with Crippen LogP contribution in [-0.2, 0) is 22.1 Å². The van der Waals surface area contributed by atoms with Crippen molar-refractivity contribution in [2.75, 3.05) is 12.8 Å². The second kappa shape index (κ2) is 7.56. The Labute approximate surface area is 133 Å². The molecule has 0 saturated carbocycles. The van der Waals surface area contributed by atoms with Crippen molar-refractivity contribution in [2.24, 2.45) is 0 Å². The molecule has 2 aromatic carbocycles. The summed E-state index contributed by atoms with van der Waals surface area (Å²) in [4.78, 5) is 0. The van der Waals surface area contributed by atoms with Gasteiger partial charge in [0.1, 0.15) is 0 Å². The highest BCUT2D eigenvalue weighted by Gasteiger charge is 2.06. The molecule has 0 aliphatic heterocycles. The van der Waals surface area contributed by atoms with Crippen molar-refractivity contribution in [3.8, 4) is 0 Å². The Balaban J connectivity index is 1.88. The van der Waals surface area contributed by atoms with Gasteiger partial charge in [0.25, 0.3) is 0 Å². The minimum atomic E-state index is -2.98. The van der Waals surface area contributed by atoms with Crippen LogP contribution in [0.3, 0.4) is 0 Å². The maximum absolute atomic E-state index is 11.4. The summed E-state index contributed by atoms with van der Waals surface area (Å²) in [7, 11) is -2.98. The fourth-order valence-corrected chi connectivity index (χ4v) is 3.25. The van der Waals surface area contributed by atoms with E-state index in [-0.39, 0.29) is 5.75 Å². The number of sulfone groups is 1. The predicted molar refractivity (Wildman–Crippen MR) is 91.6 cm³/mol. The molecule has 1 atom stereocenters. The lowest BCUT2D eigenvalue weighted by molar-refractivity contribution is 0.601. The highest BCUT2D eigenvalue weighted by atomic mass is 32.2. The molecule has 0 aliphatic rings. The van der Waals surface area contributed by atoms with Crippen LogP contribution in [0.15, 0.2) is 54.6 Å². The van der Waals surface area contributed by atoms with Gasteiger partial charge in [-0.2, -0.15) is 0 Å². The summed E-state index contributed by atoms with van der Waals surface area (Å²) in [5, 5.41) is 3.44. The minimum Gasteiger partial charge on any atom is -0.312 e. The first-order valence-electron chi connectivity index (χ1n) is 7.45. The van der Waals surface area contributed by atoms with Crippen molar-refractivity contribution >= 4 is 9.84 Å². The number of hydrogen-bond acceptors (Lipinski definition) is 3. The molecule has 3 nitrogen and oxygen atoms in total. The van der Waals surface area contributed by atoms with Gasteiger partial charge in [-0.05, 0) is 22.6 Å². The lowest BCUT2D eigenvalue weighted by atomic mass is 10.0. The summed E-state index contributed by atoms with van der Waals surface area (Å²) >= 11 is 0. The normalized spacial score (nSPS) is 13.0. The third kappa shape index (κ3) is 5.62. The van der Waals surface area contributed by atoms with E-state index in [1.165, 1.54) is 11.8 Å². The van der Waals surface area contributed by atoms with Crippen molar-refractivity contribution in [1.29, 1.82) is 0 Å². The molecule has 0 fully saturated rings.